The maximum absolute atomic E-state index is 6.65. The Morgan fingerprint density at radius 1 is 0.340 bits per heavy atom. The Morgan fingerprint density at radius 2 is 0.880 bits per heavy atom. The predicted octanol–water partition coefficient (Wildman–Crippen LogP) is 13.7. The van der Waals surface area contributed by atoms with Crippen LogP contribution in [0.1, 0.15) is 0 Å². The maximum Gasteiger partial charge on any atom is 0.143 e. The van der Waals surface area contributed by atoms with Crippen molar-refractivity contribution in [2.45, 2.75) is 0 Å². The second-order valence-corrected chi connectivity index (χ2v) is 12.5. The minimum atomic E-state index is 0.864. The van der Waals surface area contributed by atoms with E-state index in [9.17, 15) is 0 Å². The van der Waals surface area contributed by atoms with Crippen molar-refractivity contribution in [3.05, 3.63) is 200 Å². The highest BCUT2D eigenvalue weighted by Gasteiger charge is 2.20. The first-order valence-electron chi connectivity index (χ1n) is 17.0. The second-order valence-electron chi connectivity index (χ2n) is 12.5. The normalized spacial score (nSPS) is 11.2. The van der Waals surface area contributed by atoms with Gasteiger partial charge in [-0.25, -0.2) is 0 Å². The largest absolute Gasteiger partial charge is 0.455 e. The van der Waals surface area contributed by atoms with Crippen molar-refractivity contribution >= 4 is 38.8 Å². The van der Waals surface area contributed by atoms with Crippen molar-refractivity contribution in [2.24, 2.45) is 0 Å². The number of furan rings is 1. The van der Waals surface area contributed by atoms with Gasteiger partial charge in [0, 0.05) is 33.6 Å². The molecule has 0 unspecified atom stereocenters. The molecule has 1 aromatic heterocycles. The van der Waals surface area contributed by atoms with Crippen LogP contribution in [0.5, 0.6) is 0 Å². The molecule has 0 saturated carbocycles. The van der Waals surface area contributed by atoms with Gasteiger partial charge in [0.15, 0.2) is 0 Å². The van der Waals surface area contributed by atoms with E-state index in [4.69, 9.17) is 4.42 Å². The van der Waals surface area contributed by atoms with Crippen LogP contribution in [0.4, 0.5) is 17.1 Å². The predicted molar refractivity (Wildman–Crippen MR) is 210 cm³/mol. The number of nitrogens with zero attached hydrogens (tertiary/aromatic N) is 1. The summed E-state index contributed by atoms with van der Waals surface area (Å²) in [7, 11) is 0. The lowest BCUT2D eigenvalue weighted by atomic mass is 9.97. The fourth-order valence-corrected chi connectivity index (χ4v) is 7.10. The number of para-hydroxylation sites is 1. The summed E-state index contributed by atoms with van der Waals surface area (Å²) in [6.45, 7) is 0. The lowest BCUT2D eigenvalue weighted by Gasteiger charge is -2.27. The summed E-state index contributed by atoms with van der Waals surface area (Å²) in [6.07, 6.45) is 0. The van der Waals surface area contributed by atoms with Gasteiger partial charge in [-0.15, -0.1) is 0 Å². The fourth-order valence-electron chi connectivity index (χ4n) is 7.10. The van der Waals surface area contributed by atoms with Gasteiger partial charge in [-0.05, 0) is 81.1 Å². The zero-order valence-electron chi connectivity index (χ0n) is 27.4. The topological polar surface area (TPSA) is 16.4 Å². The van der Waals surface area contributed by atoms with Crippen molar-refractivity contribution in [1.82, 2.24) is 0 Å². The molecular formula is C48H33NO. The average molecular weight is 640 g/mol. The summed E-state index contributed by atoms with van der Waals surface area (Å²) in [5.74, 6) is 0.864. The van der Waals surface area contributed by atoms with Gasteiger partial charge in [-0.3, -0.25) is 0 Å². The lowest BCUT2D eigenvalue weighted by Crippen LogP contribution is -2.10. The number of hydrogen-bond acceptors (Lipinski definition) is 2. The van der Waals surface area contributed by atoms with Crippen molar-refractivity contribution in [3.63, 3.8) is 0 Å². The van der Waals surface area contributed by atoms with Crippen molar-refractivity contribution < 1.29 is 4.42 Å². The molecule has 0 aliphatic rings. The van der Waals surface area contributed by atoms with E-state index in [2.05, 4.69) is 199 Å². The van der Waals surface area contributed by atoms with Gasteiger partial charge in [0.2, 0.25) is 0 Å². The van der Waals surface area contributed by atoms with Gasteiger partial charge in [0.1, 0.15) is 11.3 Å². The highest BCUT2D eigenvalue weighted by atomic mass is 16.3. The molecule has 0 radical (unpaired) electrons. The maximum atomic E-state index is 6.65. The third kappa shape index (κ3) is 5.43. The molecule has 0 N–H and O–H groups in total. The number of benzene rings is 8. The molecule has 0 aliphatic carbocycles. The summed E-state index contributed by atoms with van der Waals surface area (Å²) in [6, 6.07) is 71.0. The van der Waals surface area contributed by atoms with Gasteiger partial charge in [-0.2, -0.15) is 0 Å². The smallest absolute Gasteiger partial charge is 0.143 e. The summed E-state index contributed by atoms with van der Waals surface area (Å²) < 4.78 is 6.65. The Balaban J connectivity index is 1.21. The zero-order chi connectivity index (χ0) is 33.3. The Hall–Kier alpha value is -6.64. The zero-order valence-corrected chi connectivity index (χ0v) is 27.4. The summed E-state index contributed by atoms with van der Waals surface area (Å²) in [5, 5.41) is 3.58. The lowest BCUT2D eigenvalue weighted by molar-refractivity contribution is 0.632. The minimum Gasteiger partial charge on any atom is -0.455 e. The van der Waals surface area contributed by atoms with E-state index in [0.717, 1.165) is 50.5 Å². The average Bonchev–Trinajstić information content (AvgIpc) is 3.59. The fraction of sp³-hybridized carbons (Fsp3) is 0. The molecule has 0 aliphatic heterocycles. The van der Waals surface area contributed by atoms with Crippen LogP contribution in [-0.4, -0.2) is 0 Å². The van der Waals surface area contributed by atoms with E-state index in [-0.39, 0.29) is 0 Å². The minimum absolute atomic E-state index is 0.864. The van der Waals surface area contributed by atoms with E-state index in [0.29, 0.717) is 0 Å². The number of hydrogen-bond donors (Lipinski definition) is 0. The van der Waals surface area contributed by atoms with Gasteiger partial charge in [0.05, 0.1) is 0 Å². The molecule has 8 aromatic carbocycles. The molecule has 0 bridgehead atoms. The molecule has 236 valence electrons. The Morgan fingerprint density at radius 3 is 1.64 bits per heavy atom. The van der Waals surface area contributed by atoms with Gasteiger partial charge in [-0.1, -0.05) is 158 Å². The number of fused-ring (bicyclic) bond motifs is 2. The molecule has 0 amide bonds. The third-order valence-electron chi connectivity index (χ3n) is 9.46. The van der Waals surface area contributed by atoms with Crippen LogP contribution in [-0.2, 0) is 0 Å². The van der Waals surface area contributed by atoms with Crippen LogP contribution < -0.4 is 4.90 Å². The van der Waals surface area contributed by atoms with E-state index in [1.807, 2.05) is 6.07 Å². The van der Waals surface area contributed by atoms with E-state index < -0.39 is 0 Å². The van der Waals surface area contributed by atoms with E-state index >= 15 is 0 Å². The molecule has 0 atom stereocenters. The van der Waals surface area contributed by atoms with E-state index in [1.165, 1.54) is 33.0 Å². The monoisotopic (exact) mass is 639 g/mol. The second kappa shape index (κ2) is 12.8. The molecule has 50 heavy (non-hydrogen) atoms. The number of rotatable bonds is 7. The molecule has 9 rings (SSSR count). The Bertz CT molecular complexity index is 2580. The molecule has 1 heterocycles. The van der Waals surface area contributed by atoms with Gasteiger partial charge < -0.3 is 9.32 Å². The third-order valence-corrected chi connectivity index (χ3v) is 9.46. The van der Waals surface area contributed by atoms with Crippen LogP contribution in [0.25, 0.3) is 66.4 Å². The number of anilines is 3. The Kier molecular flexibility index (Phi) is 7.53. The standard InChI is InChI=1S/C48H33NO/c1-3-14-34(15-4-1)35-28-30-40(31-29-35)49(41-22-11-20-38(32-41)44-26-13-19-36-16-7-8-24-43(36)44)42-23-12-21-39(33-42)48-47(37-17-5-2-6-18-37)45-25-9-10-27-46(45)50-48/h1-33H. The quantitative estimate of drug-likeness (QED) is 0.173. The highest BCUT2D eigenvalue weighted by Crippen LogP contribution is 2.44. The first kappa shape index (κ1) is 29.5. The van der Waals surface area contributed by atoms with Crippen LogP contribution in [0, 0.1) is 0 Å². The molecular weight excluding hydrogens is 607 g/mol. The molecule has 0 fully saturated rings. The van der Waals surface area contributed by atoms with E-state index in [1.54, 1.807) is 0 Å². The first-order chi connectivity index (χ1) is 24.8. The molecule has 2 heteroatoms. The van der Waals surface area contributed by atoms with Crippen LogP contribution in [0.2, 0.25) is 0 Å². The van der Waals surface area contributed by atoms with Crippen LogP contribution >= 0.6 is 0 Å². The molecule has 0 spiro atoms. The van der Waals surface area contributed by atoms with Crippen LogP contribution in [0.3, 0.4) is 0 Å². The molecule has 9 aromatic rings. The summed E-state index contributed by atoms with van der Waals surface area (Å²) in [5.41, 5.74) is 12.1. The summed E-state index contributed by atoms with van der Waals surface area (Å²) >= 11 is 0. The van der Waals surface area contributed by atoms with Crippen molar-refractivity contribution in [3.8, 4) is 44.7 Å². The van der Waals surface area contributed by atoms with Crippen molar-refractivity contribution in [2.75, 3.05) is 4.90 Å². The highest BCUT2D eigenvalue weighted by molar-refractivity contribution is 6.02. The first-order valence-corrected chi connectivity index (χ1v) is 17.0. The Labute approximate surface area is 292 Å². The molecule has 2 nitrogen and oxygen atoms in total. The van der Waals surface area contributed by atoms with Gasteiger partial charge in [0.25, 0.3) is 0 Å². The SMILES string of the molecule is c1ccc(-c2ccc(N(c3cccc(-c4oc5ccccc5c4-c4ccccc4)c3)c3cccc(-c4cccc5ccccc45)c3)cc2)cc1. The van der Waals surface area contributed by atoms with Crippen molar-refractivity contribution in [1.29, 1.82) is 0 Å². The van der Waals surface area contributed by atoms with Gasteiger partial charge >= 0.3 is 0 Å². The van der Waals surface area contributed by atoms with Crippen LogP contribution in [0.15, 0.2) is 205 Å². The summed E-state index contributed by atoms with van der Waals surface area (Å²) in [4.78, 5) is 2.34. The molecule has 0 saturated heterocycles.